The van der Waals surface area contributed by atoms with Crippen LogP contribution in [-0.4, -0.2) is 50.6 Å². The number of likely N-dealkylation sites (N-methyl/N-ethyl adjacent to an activating group) is 1. The minimum atomic E-state index is -0.338. The van der Waals surface area contributed by atoms with Crippen LogP contribution >= 0.6 is 0 Å². The van der Waals surface area contributed by atoms with Gasteiger partial charge < -0.3 is 9.88 Å². The van der Waals surface area contributed by atoms with Crippen molar-refractivity contribution in [2.24, 2.45) is 23.7 Å². The Balaban J connectivity index is 1.33. The van der Waals surface area contributed by atoms with Crippen molar-refractivity contribution in [2.45, 2.75) is 19.9 Å². The van der Waals surface area contributed by atoms with Crippen LogP contribution in [0.15, 0.2) is 41.2 Å². The predicted molar refractivity (Wildman–Crippen MR) is 108 cm³/mol. The van der Waals surface area contributed by atoms with Gasteiger partial charge in [-0.1, -0.05) is 24.3 Å². The summed E-state index contributed by atoms with van der Waals surface area (Å²) in [5.74, 6) is -0.825. The van der Waals surface area contributed by atoms with Crippen molar-refractivity contribution in [1.82, 2.24) is 19.8 Å². The summed E-state index contributed by atoms with van der Waals surface area (Å²) in [6, 6.07) is 7.00. The van der Waals surface area contributed by atoms with Gasteiger partial charge in [0.2, 0.25) is 17.7 Å². The van der Waals surface area contributed by atoms with Crippen molar-refractivity contribution in [2.75, 3.05) is 13.1 Å². The lowest BCUT2D eigenvalue weighted by atomic mass is 9.85. The van der Waals surface area contributed by atoms with Crippen molar-refractivity contribution >= 4 is 28.6 Å². The van der Waals surface area contributed by atoms with Gasteiger partial charge in [-0.2, -0.15) is 0 Å². The van der Waals surface area contributed by atoms with E-state index in [9.17, 15) is 19.2 Å². The zero-order valence-electron chi connectivity index (χ0n) is 16.6. The first-order valence-corrected chi connectivity index (χ1v) is 10.3. The molecular formula is C22H22N4O4. The molecule has 4 atom stereocenters. The predicted octanol–water partition coefficient (Wildman–Crippen LogP) is 1.08. The highest BCUT2D eigenvalue weighted by atomic mass is 16.2. The number of carbonyl (C=O) groups is 3. The number of amides is 3. The van der Waals surface area contributed by atoms with Gasteiger partial charge in [-0.05, 0) is 37.3 Å². The average Bonchev–Trinajstić information content (AvgIpc) is 3.42. The van der Waals surface area contributed by atoms with Crippen molar-refractivity contribution in [3.05, 3.63) is 52.6 Å². The second-order valence-corrected chi connectivity index (χ2v) is 8.20. The highest BCUT2D eigenvalue weighted by Gasteiger charge is 2.59. The van der Waals surface area contributed by atoms with E-state index in [2.05, 4.69) is 9.97 Å². The van der Waals surface area contributed by atoms with Gasteiger partial charge in [-0.3, -0.25) is 24.1 Å². The first-order chi connectivity index (χ1) is 14.5. The summed E-state index contributed by atoms with van der Waals surface area (Å²) in [7, 11) is 0. The fraction of sp³-hybridized carbons (Fsp3) is 0.409. The standard InChI is InChI=1S/C22H22N4O4/c1-2-25(10-16-23-15-6-4-3-5-14(15)20(28)24-16)17(27)11-26-21(29)18-12-7-8-13(9-12)19(18)22(26)30/h3-8,12-13,18-19H,2,9-11H2,1H3,(H,23,24,28)/t12-,13+,18-,19+. The maximum atomic E-state index is 12.9. The Kier molecular flexibility index (Phi) is 4.30. The molecule has 0 spiro atoms. The fourth-order valence-electron chi connectivity index (χ4n) is 5.12. The fourth-order valence-corrected chi connectivity index (χ4v) is 5.12. The number of imide groups is 1. The second kappa shape index (κ2) is 6.90. The minimum Gasteiger partial charge on any atom is -0.334 e. The first-order valence-electron chi connectivity index (χ1n) is 10.3. The summed E-state index contributed by atoms with van der Waals surface area (Å²) in [4.78, 5) is 60.6. The Labute approximate surface area is 172 Å². The normalized spacial score (nSPS) is 26.6. The van der Waals surface area contributed by atoms with Crippen molar-refractivity contribution in [1.29, 1.82) is 0 Å². The number of aromatic nitrogens is 2. The molecule has 8 heteroatoms. The van der Waals surface area contributed by atoms with E-state index in [-0.39, 0.29) is 60.0 Å². The maximum absolute atomic E-state index is 12.9. The summed E-state index contributed by atoms with van der Waals surface area (Å²) < 4.78 is 0. The van der Waals surface area contributed by atoms with Gasteiger partial charge in [-0.25, -0.2) is 4.98 Å². The maximum Gasteiger partial charge on any atom is 0.258 e. The SMILES string of the molecule is CCN(Cc1nc2ccccc2c(=O)[nH]1)C(=O)CN1C(=O)[C@@H]2[C@H](C1=O)[C@@H]1C=C[C@H]2C1. The van der Waals surface area contributed by atoms with Crippen LogP contribution in [0.5, 0.6) is 0 Å². The molecule has 3 aliphatic rings. The number of likely N-dealkylation sites (tertiary alicyclic amines) is 1. The molecule has 5 rings (SSSR count). The molecule has 30 heavy (non-hydrogen) atoms. The summed E-state index contributed by atoms with van der Waals surface area (Å²) in [6.07, 6.45) is 4.92. The molecule has 1 aliphatic heterocycles. The van der Waals surface area contributed by atoms with E-state index < -0.39 is 0 Å². The Morgan fingerprint density at radius 1 is 1.13 bits per heavy atom. The van der Waals surface area contributed by atoms with E-state index in [0.29, 0.717) is 23.3 Å². The van der Waals surface area contributed by atoms with Gasteiger partial charge in [-0.15, -0.1) is 0 Å². The summed E-state index contributed by atoms with van der Waals surface area (Å²) in [5.41, 5.74) is 0.292. The van der Waals surface area contributed by atoms with Crippen LogP contribution < -0.4 is 5.56 Å². The molecule has 0 unspecified atom stereocenters. The minimum absolute atomic E-state index is 0.102. The largest absolute Gasteiger partial charge is 0.334 e. The van der Waals surface area contributed by atoms with Gasteiger partial charge in [0.15, 0.2) is 0 Å². The van der Waals surface area contributed by atoms with Gasteiger partial charge in [0.05, 0.1) is 29.3 Å². The number of nitrogens with zero attached hydrogens (tertiary/aromatic N) is 3. The molecule has 3 amide bonds. The molecule has 2 aromatic rings. The lowest BCUT2D eigenvalue weighted by molar-refractivity contribution is -0.147. The lowest BCUT2D eigenvalue weighted by Crippen LogP contribution is -2.43. The van der Waals surface area contributed by atoms with E-state index in [1.807, 2.05) is 19.1 Å². The number of carbonyl (C=O) groups excluding carboxylic acids is 3. The van der Waals surface area contributed by atoms with E-state index in [1.54, 1.807) is 24.3 Å². The molecule has 2 heterocycles. The molecule has 2 fully saturated rings. The topological polar surface area (TPSA) is 103 Å². The molecule has 1 N–H and O–H groups in total. The highest BCUT2D eigenvalue weighted by molar-refractivity contribution is 6.08. The zero-order chi connectivity index (χ0) is 21.0. The number of benzene rings is 1. The Morgan fingerprint density at radius 3 is 2.47 bits per heavy atom. The van der Waals surface area contributed by atoms with Crippen molar-refractivity contribution in [3.8, 4) is 0 Å². The monoisotopic (exact) mass is 406 g/mol. The number of allylic oxidation sites excluding steroid dienone is 2. The van der Waals surface area contributed by atoms with E-state index in [4.69, 9.17) is 0 Å². The molecule has 0 radical (unpaired) electrons. The third-order valence-electron chi connectivity index (χ3n) is 6.59. The molecule has 1 saturated carbocycles. The number of nitrogens with one attached hydrogen (secondary N) is 1. The number of para-hydroxylation sites is 1. The lowest BCUT2D eigenvalue weighted by Gasteiger charge is -2.24. The highest BCUT2D eigenvalue weighted by Crippen LogP contribution is 2.52. The molecule has 2 bridgehead atoms. The van der Waals surface area contributed by atoms with Gasteiger partial charge in [0, 0.05) is 6.54 Å². The van der Waals surface area contributed by atoms with Gasteiger partial charge in [0.1, 0.15) is 12.4 Å². The molecule has 8 nitrogen and oxygen atoms in total. The van der Waals surface area contributed by atoms with Crippen LogP contribution in [0.25, 0.3) is 10.9 Å². The van der Waals surface area contributed by atoms with E-state index in [0.717, 1.165) is 11.3 Å². The second-order valence-electron chi connectivity index (χ2n) is 8.20. The first kappa shape index (κ1) is 18.7. The van der Waals surface area contributed by atoms with Crippen molar-refractivity contribution < 1.29 is 14.4 Å². The van der Waals surface area contributed by atoms with Crippen LogP contribution in [0.1, 0.15) is 19.2 Å². The number of rotatable bonds is 5. The molecule has 1 aromatic heterocycles. The summed E-state index contributed by atoms with van der Waals surface area (Å²) >= 11 is 0. The van der Waals surface area contributed by atoms with Crippen molar-refractivity contribution in [3.63, 3.8) is 0 Å². The molecule has 2 aliphatic carbocycles. The number of H-pyrrole nitrogens is 1. The zero-order valence-corrected chi connectivity index (χ0v) is 16.6. The van der Waals surface area contributed by atoms with Crippen LogP contribution in [0.4, 0.5) is 0 Å². The Morgan fingerprint density at radius 2 is 1.80 bits per heavy atom. The van der Waals surface area contributed by atoms with Crippen LogP contribution in [-0.2, 0) is 20.9 Å². The van der Waals surface area contributed by atoms with E-state index in [1.165, 1.54) is 4.90 Å². The summed E-state index contributed by atoms with van der Waals surface area (Å²) in [5, 5.41) is 0.485. The van der Waals surface area contributed by atoms with Crippen LogP contribution in [0.2, 0.25) is 0 Å². The number of aromatic amines is 1. The Hall–Kier alpha value is -3.29. The van der Waals surface area contributed by atoms with Crippen LogP contribution in [0.3, 0.4) is 0 Å². The van der Waals surface area contributed by atoms with Gasteiger partial charge >= 0.3 is 0 Å². The van der Waals surface area contributed by atoms with Crippen LogP contribution in [0, 0.1) is 23.7 Å². The number of hydrogen-bond donors (Lipinski definition) is 1. The molecule has 1 saturated heterocycles. The third kappa shape index (κ3) is 2.78. The molecule has 1 aromatic carbocycles. The number of fused-ring (bicyclic) bond motifs is 6. The number of hydrogen-bond acceptors (Lipinski definition) is 5. The van der Waals surface area contributed by atoms with E-state index >= 15 is 0 Å². The Bertz CT molecular complexity index is 1120. The molecule has 154 valence electrons. The third-order valence-corrected chi connectivity index (χ3v) is 6.59. The van der Waals surface area contributed by atoms with Gasteiger partial charge in [0.25, 0.3) is 5.56 Å². The quantitative estimate of drug-likeness (QED) is 0.591. The molecular weight excluding hydrogens is 384 g/mol. The average molecular weight is 406 g/mol. The smallest absolute Gasteiger partial charge is 0.258 e. The summed E-state index contributed by atoms with van der Waals surface area (Å²) in [6.45, 7) is 2.01.